The Bertz CT molecular complexity index is 1070. The molecule has 0 spiro atoms. The molecule has 0 amide bonds. The Balaban J connectivity index is 1.96. The number of hydrogen-bond acceptors (Lipinski definition) is 11. The highest BCUT2D eigenvalue weighted by molar-refractivity contribution is 5.84. The smallest absolute Gasteiger partial charge is 0.323 e. The third-order valence-corrected chi connectivity index (χ3v) is 5.83. The molecule has 5 N–H and O–H groups in total. The van der Waals surface area contributed by atoms with Crippen molar-refractivity contribution < 1.29 is 28.2 Å². The van der Waals surface area contributed by atoms with Gasteiger partial charge < -0.3 is 31.0 Å². The number of nitrogens with one attached hydrogen (secondary N) is 1. The van der Waals surface area contributed by atoms with Gasteiger partial charge in [0.05, 0.1) is 6.33 Å². The minimum atomic E-state index is -2.27. The average Bonchev–Trinajstić information content (AvgIpc) is 3.28. The van der Waals surface area contributed by atoms with Gasteiger partial charge in [-0.25, -0.2) is 9.37 Å². The first kappa shape index (κ1) is 26.5. The number of aromatic nitrogens is 4. The summed E-state index contributed by atoms with van der Waals surface area (Å²) >= 11 is 0. The van der Waals surface area contributed by atoms with Crippen molar-refractivity contribution in [2.45, 2.75) is 71.2 Å². The van der Waals surface area contributed by atoms with Crippen LogP contribution < -0.4 is 16.8 Å². The summed E-state index contributed by atoms with van der Waals surface area (Å²) in [4.78, 5) is 37.3. The summed E-state index contributed by atoms with van der Waals surface area (Å²) < 4.78 is 34.6. The van der Waals surface area contributed by atoms with E-state index in [1.54, 1.807) is 20.9 Å². The van der Waals surface area contributed by atoms with Crippen molar-refractivity contribution in [2.75, 3.05) is 24.7 Å². The largest absolute Gasteiger partial charge is 0.463 e. The monoisotopic (exact) mass is 495 g/mol. The van der Waals surface area contributed by atoms with Gasteiger partial charge in [0.15, 0.2) is 35.0 Å². The van der Waals surface area contributed by atoms with E-state index in [0.29, 0.717) is 11.3 Å². The number of hydrogen-bond donors (Lipinski definition) is 3. The van der Waals surface area contributed by atoms with E-state index in [1.165, 1.54) is 17.8 Å². The Morgan fingerprint density at radius 1 is 1.31 bits per heavy atom. The molecule has 1 saturated heterocycles. The number of carbonyl (C=O) groups excluding carboxylic acids is 2. The quantitative estimate of drug-likeness (QED) is 0.431. The zero-order valence-electron chi connectivity index (χ0n) is 20.8. The number of rotatable bonds is 9. The van der Waals surface area contributed by atoms with Gasteiger partial charge in [-0.3, -0.25) is 14.2 Å². The summed E-state index contributed by atoms with van der Waals surface area (Å²) in [5.74, 6) is -1.10. The van der Waals surface area contributed by atoms with Gasteiger partial charge in [0.2, 0.25) is 5.95 Å². The lowest BCUT2D eigenvalue weighted by Gasteiger charge is -2.29. The van der Waals surface area contributed by atoms with Crippen LogP contribution in [0.15, 0.2) is 6.33 Å². The van der Waals surface area contributed by atoms with Crippen molar-refractivity contribution in [3.63, 3.8) is 0 Å². The van der Waals surface area contributed by atoms with Crippen LogP contribution in [-0.2, 0) is 23.8 Å². The maximum Gasteiger partial charge on any atom is 0.323 e. The zero-order chi connectivity index (χ0) is 26.1. The standard InChI is InChI=1S/C22H34FN7O5/c1-10(2)7-13(31)33-8-12-16(35-19(32)14(24)11(3)4)22(5,23)20(34-12)30-9-27-15-17(26-6)28-21(25)29-18(15)30/h9-12,14,16,20H,7-8,24H2,1-6H3,(H3,25,26,28,29)/t12-,14+,16-,20-,22-/m1/s1. The van der Waals surface area contributed by atoms with Crippen LogP contribution in [0.3, 0.4) is 0 Å². The van der Waals surface area contributed by atoms with E-state index >= 15 is 4.39 Å². The zero-order valence-corrected chi connectivity index (χ0v) is 20.8. The fourth-order valence-electron chi connectivity index (χ4n) is 3.85. The lowest BCUT2D eigenvalue weighted by Crippen LogP contribution is -2.48. The van der Waals surface area contributed by atoms with E-state index in [4.69, 9.17) is 25.7 Å². The molecule has 3 heterocycles. The fraction of sp³-hybridized carbons (Fsp3) is 0.682. The molecule has 0 unspecified atom stereocenters. The number of anilines is 2. The molecule has 13 heteroatoms. The molecule has 2 aromatic rings. The minimum absolute atomic E-state index is 0.0489. The Kier molecular flexibility index (Phi) is 7.80. The van der Waals surface area contributed by atoms with Gasteiger partial charge >= 0.3 is 11.9 Å². The summed E-state index contributed by atoms with van der Waals surface area (Å²) in [5.41, 5.74) is 10.0. The maximum atomic E-state index is 16.4. The van der Waals surface area contributed by atoms with E-state index in [9.17, 15) is 9.59 Å². The van der Waals surface area contributed by atoms with Crippen molar-refractivity contribution in [3.8, 4) is 0 Å². The normalized spacial score (nSPS) is 25.3. The van der Waals surface area contributed by atoms with Crippen LogP contribution in [0.2, 0.25) is 0 Å². The number of nitrogens with two attached hydrogens (primary N) is 2. The Morgan fingerprint density at radius 2 is 2.00 bits per heavy atom. The molecular formula is C22H34FN7O5. The van der Waals surface area contributed by atoms with Crippen molar-refractivity contribution in [1.29, 1.82) is 0 Å². The van der Waals surface area contributed by atoms with Gasteiger partial charge in [-0.05, 0) is 18.8 Å². The molecule has 3 rings (SSSR count). The number of imidazole rings is 1. The Morgan fingerprint density at radius 3 is 2.60 bits per heavy atom. The summed E-state index contributed by atoms with van der Waals surface area (Å²) in [7, 11) is 1.64. The van der Waals surface area contributed by atoms with Crippen LogP contribution in [-0.4, -0.2) is 69.0 Å². The number of alkyl halides is 1. The lowest BCUT2D eigenvalue weighted by atomic mass is 9.97. The second-order valence-corrected chi connectivity index (χ2v) is 9.59. The van der Waals surface area contributed by atoms with Crippen molar-refractivity contribution in [2.24, 2.45) is 17.6 Å². The van der Waals surface area contributed by atoms with Crippen molar-refractivity contribution >= 4 is 34.9 Å². The molecule has 2 aromatic heterocycles. The molecule has 0 aromatic carbocycles. The van der Waals surface area contributed by atoms with Crippen molar-refractivity contribution in [3.05, 3.63) is 6.33 Å². The number of ether oxygens (including phenoxy) is 3. The van der Waals surface area contributed by atoms with Gasteiger partial charge in [0.25, 0.3) is 0 Å². The first-order chi connectivity index (χ1) is 16.4. The van der Waals surface area contributed by atoms with Crippen LogP contribution >= 0.6 is 0 Å². The second kappa shape index (κ2) is 10.3. The third kappa shape index (κ3) is 5.45. The number of nitrogen functional groups attached to an aromatic ring is 1. The molecule has 12 nitrogen and oxygen atoms in total. The maximum absolute atomic E-state index is 16.4. The van der Waals surface area contributed by atoms with Crippen molar-refractivity contribution in [1.82, 2.24) is 19.5 Å². The molecular weight excluding hydrogens is 461 g/mol. The Hall–Kier alpha value is -3.06. The number of fused-ring (bicyclic) bond motifs is 1. The van der Waals surface area contributed by atoms with E-state index in [1.807, 2.05) is 13.8 Å². The van der Waals surface area contributed by atoms with E-state index in [-0.39, 0.29) is 36.5 Å². The second-order valence-electron chi connectivity index (χ2n) is 9.59. The topological polar surface area (TPSA) is 170 Å². The summed E-state index contributed by atoms with van der Waals surface area (Å²) in [6.45, 7) is 8.17. The molecule has 1 aliphatic rings. The van der Waals surface area contributed by atoms with Crippen LogP contribution in [0.25, 0.3) is 11.2 Å². The molecule has 0 radical (unpaired) electrons. The van der Waals surface area contributed by atoms with E-state index in [2.05, 4.69) is 20.3 Å². The van der Waals surface area contributed by atoms with Gasteiger partial charge in [-0.1, -0.05) is 27.7 Å². The first-order valence-corrected chi connectivity index (χ1v) is 11.5. The summed E-state index contributed by atoms with van der Waals surface area (Å²) in [6.07, 6.45) is -2.32. The van der Waals surface area contributed by atoms with Gasteiger partial charge in [-0.2, -0.15) is 9.97 Å². The minimum Gasteiger partial charge on any atom is -0.463 e. The number of halogens is 1. The predicted octanol–water partition coefficient (Wildman–Crippen LogP) is 1.56. The van der Waals surface area contributed by atoms with Gasteiger partial charge in [-0.15, -0.1) is 0 Å². The van der Waals surface area contributed by atoms with Gasteiger partial charge in [0, 0.05) is 13.5 Å². The number of carbonyl (C=O) groups is 2. The highest BCUT2D eigenvalue weighted by atomic mass is 19.1. The first-order valence-electron chi connectivity index (χ1n) is 11.5. The van der Waals surface area contributed by atoms with Gasteiger partial charge in [0.1, 0.15) is 18.8 Å². The fourth-order valence-corrected chi connectivity index (χ4v) is 3.85. The average molecular weight is 496 g/mol. The summed E-state index contributed by atoms with van der Waals surface area (Å²) in [6, 6.07) is -0.964. The van der Waals surface area contributed by atoms with E-state index < -0.39 is 42.1 Å². The SMILES string of the molecule is CNc1nc(N)nc2c1ncn2[C@@H]1O[C@H](COC(=O)CC(C)C)[C@@H](OC(=O)[C@@H](N)C(C)C)[C@@]1(C)F. The molecule has 0 bridgehead atoms. The number of esters is 2. The highest BCUT2D eigenvalue weighted by Gasteiger charge is 2.59. The molecule has 1 aliphatic heterocycles. The van der Waals surface area contributed by atoms with Crippen LogP contribution in [0, 0.1) is 11.8 Å². The molecule has 194 valence electrons. The summed E-state index contributed by atoms with van der Waals surface area (Å²) in [5, 5.41) is 2.87. The molecule has 35 heavy (non-hydrogen) atoms. The third-order valence-electron chi connectivity index (χ3n) is 5.83. The highest BCUT2D eigenvalue weighted by Crippen LogP contribution is 2.44. The lowest BCUT2D eigenvalue weighted by molar-refractivity contribution is -0.163. The number of nitrogens with zero attached hydrogens (tertiary/aromatic N) is 4. The predicted molar refractivity (Wildman–Crippen MR) is 126 cm³/mol. The van der Waals surface area contributed by atoms with Crippen LogP contribution in [0.4, 0.5) is 16.2 Å². The Labute approximate surface area is 202 Å². The molecule has 1 fully saturated rings. The van der Waals surface area contributed by atoms with Crippen LogP contribution in [0.5, 0.6) is 0 Å². The molecule has 5 atom stereocenters. The van der Waals surface area contributed by atoms with E-state index in [0.717, 1.165) is 0 Å². The van der Waals surface area contributed by atoms with Crippen LogP contribution in [0.1, 0.15) is 47.3 Å². The molecule has 0 saturated carbocycles. The molecule has 0 aliphatic carbocycles.